The lowest BCUT2D eigenvalue weighted by Gasteiger charge is -2.36. The summed E-state index contributed by atoms with van der Waals surface area (Å²) in [7, 11) is 1.34. The van der Waals surface area contributed by atoms with Crippen molar-refractivity contribution in [1.29, 1.82) is 0 Å². The van der Waals surface area contributed by atoms with E-state index in [0.29, 0.717) is 17.5 Å². The normalized spacial score (nSPS) is 18.3. The standard InChI is InChI=1S/C25H27F3N2O3/c1-24(2)12-4-5-18(15-24)30-21-11-8-17(23(31)32-3)14-20(21)29-22(30)13-16-6-9-19(10-7-16)33-25(26,27)28/h6-11,14,18H,4-5,12-13,15H2,1-3H3/t18-/m0/s1. The van der Waals surface area contributed by atoms with Gasteiger partial charge in [0.15, 0.2) is 0 Å². The van der Waals surface area contributed by atoms with E-state index >= 15 is 0 Å². The number of carbonyl (C=O) groups is 1. The number of benzene rings is 2. The zero-order chi connectivity index (χ0) is 23.8. The van der Waals surface area contributed by atoms with Crippen LogP contribution in [0.25, 0.3) is 11.0 Å². The summed E-state index contributed by atoms with van der Waals surface area (Å²) in [4.78, 5) is 16.8. The number of halogens is 3. The first kappa shape index (κ1) is 23.1. The Morgan fingerprint density at radius 1 is 1.18 bits per heavy atom. The Balaban J connectivity index is 1.71. The van der Waals surface area contributed by atoms with Crippen molar-refractivity contribution in [2.75, 3.05) is 7.11 Å². The molecule has 176 valence electrons. The van der Waals surface area contributed by atoms with E-state index in [0.717, 1.165) is 36.2 Å². The summed E-state index contributed by atoms with van der Waals surface area (Å²) in [6, 6.07) is 11.5. The minimum absolute atomic E-state index is 0.208. The van der Waals surface area contributed by atoms with Gasteiger partial charge in [-0.25, -0.2) is 9.78 Å². The molecule has 1 aliphatic rings. The molecule has 8 heteroatoms. The van der Waals surface area contributed by atoms with Crippen LogP contribution < -0.4 is 4.74 Å². The molecule has 0 aliphatic heterocycles. The van der Waals surface area contributed by atoms with E-state index in [2.05, 4.69) is 23.2 Å². The van der Waals surface area contributed by atoms with Gasteiger partial charge in [0, 0.05) is 12.5 Å². The van der Waals surface area contributed by atoms with Gasteiger partial charge in [-0.15, -0.1) is 13.2 Å². The van der Waals surface area contributed by atoms with Gasteiger partial charge in [0.25, 0.3) is 0 Å². The van der Waals surface area contributed by atoms with E-state index < -0.39 is 12.3 Å². The summed E-state index contributed by atoms with van der Waals surface area (Å²) in [5.74, 6) is 0.141. The lowest BCUT2D eigenvalue weighted by molar-refractivity contribution is -0.274. The molecule has 5 nitrogen and oxygen atoms in total. The van der Waals surface area contributed by atoms with E-state index in [1.165, 1.54) is 25.7 Å². The molecule has 1 aromatic heterocycles. The quantitative estimate of drug-likeness (QED) is 0.411. The second-order valence-electron chi connectivity index (χ2n) is 9.38. The third-order valence-corrected chi connectivity index (χ3v) is 6.25. The SMILES string of the molecule is COC(=O)c1ccc2c(c1)nc(Cc1ccc(OC(F)(F)F)cc1)n2[C@H]1CCCC(C)(C)C1. The highest BCUT2D eigenvalue weighted by Crippen LogP contribution is 2.42. The van der Waals surface area contributed by atoms with Crippen molar-refractivity contribution >= 4 is 17.0 Å². The second kappa shape index (κ2) is 8.72. The molecular formula is C25H27F3N2O3. The van der Waals surface area contributed by atoms with Gasteiger partial charge < -0.3 is 14.0 Å². The third kappa shape index (κ3) is 5.31. The number of rotatable bonds is 5. The number of hydrogen-bond acceptors (Lipinski definition) is 4. The van der Waals surface area contributed by atoms with Crippen LogP contribution in [0.1, 0.15) is 67.3 Å². The van der Waals surface area contributed by atoms with Crippen LogP contribution in [0.5, 0.6) is 5.75 Å². The van der Waals surface area contributed by atoms with Crippen LogP contribution in [0.4, 0.5) is 13.2 Å². The molecule has 3 aromatic rings. The first-order valence-electron chi connectivity index (χ1n) is 11.0. The topological polar surface area (TPSA) is 53.4 Å². The van der Waals surface area contributed by atoms with E-state index in [4.69, 9.17) is 9.72 Å². The van der Waals surface area contributed by atoms with Crippen LogP contribution in [0.15, 0.2) is 42.5 Å². The molecule has 1 saturated carbocycles. The average molecular weight is 460 g/mol. The fourth-order valence-electron chi connectivity index (χ4n) is 4.80. The van der Waals surface area contributed by atoms with Crippen molar-refractivity contribution in [3.05, 3.63) is 59.4 Å². The number of carbonyl (C=O) groups excluding carboxylic acids is 1. The van der Waals surface area contributed by atoms with Gasteiger partial charge in [-0.05, 0) is 60.6 Å². The van der Waals surface area contributed by atoms with E-state index in [1.54, 1.807) is 24.3 Å². The molecular weight excluding hydrogens is 433 g/mol. The lowest BCUT2D eigenvalue weighted by Crippen LogP contribution is -2.26. The summed E-state index contributed by atoms with van der Waals surface area (Å²) < 4.78 is 48.5. The number of imidazole rings is 1. The molecule has 1 atom stereocenters. The van der Waals surface area contributed by atoms with Gasteiger partial charge in [0.05, 0.1) is 23.7 Å². The molecule has 1 fully saturated rings. The van der Waals surface area contributed by atoms with Crippen molar-refractivity contribution in [3.8, 4) is 5.75 Å². The highest BCUT2D eigenvalue weighted by atomic mass is 19.4. The van der Waals surface area contributed by atoms with Crippen molar-refractivity contribution in [3.63, 3.8) is 0 Å². The largest absolute Gasteiger partial charge is 0.573 e. The van der Waals surface area contributed by atoms with Crippen LogP contribution >= 0.6 is 0 Å². The molecule has 4 rings (SSSR count). The number of hydrogen-bond donors (Lipinski definition) is 0. The van der Waals surface area contributed by atoms with Crippen LogP contribution in [0.2, 0.25) is 0 Å². The number of esters is 1. The molecule has 0 radical (unpaired) electrons. The summed E-state index contributed by atoms with van der Waals surface area (Å²) in [6.45, 7) is 4.54. The smallest absolute Gasteiger partial charge is 0.465 e. The zero-order valence-electron chi connectivity index (χ0n) is 18.9. The van der Waals surface area contributed by atoms with Crippen molar-refractivity contribution in [2.24, 2.45) is 5.41 Å². The number of ether oxygens (including phenoxy) is 2. The molecule has 0 spiro atoms. The van der Waals surface area contributed by atoms with Crippen molar-refractivity contribution in [2.45, 2.75) is 58.4 Å². The lowest BCUT2D eigenvalue weighted by atomic mass is 9.75. The minimum Gasteiger partial charge on any atom is -0.465 e. The van der Waals surface area contributed by atoms with E-state index in [1.807, 2.05) is 6.07 Å². The number of fused-ring (bicyclic) bond motifs is 1. The molecule has 1 heterocycles. The zero-order valence-corrected chi connectivity index (χ0v) is 18.9. The van der Waals surface area contributed by atoms with Crippen LogP contribution in [-0.4, -0.2) is 29.0 Å². The fourth-order valence-corrected chi connectivity index (χ4v) is 4.80. The van der Waals surface area contributed by atoms with E-state index in [9.17, 15) is 18.0 Å². The van der Waals surface area contributed by atoms with Gasteiger partial charge >= 0.3 is 12.3 Å². The highest BCUT2D eigenvalue weighted by Gasteiger charge is 2.32. The molecule has 0 saturated heterocycles. The predicted molar refractivity (Wildman–Crippen MR) is 118 cm³/mol. The number of alkyl halides is 3. The maximum Gasteiger partial charge on any atom is 0.573 e. The Kier molecular flexibility index (Phi) is 6.12. The van der Waals surface area contributed by atoms with Gasteiger partial charge in [-0.1, -0.05) is 32.4 Å². The number of aromatic nitrogens is 2. The summed E-state index contributed by atoms with van der Waals surface area (Å²) >= 11 is 0. The van der Waals surface area contributed by atoms with Gasteiger partial charge in [-0.2, -0.15) is 0 Å². The van der Waals surface area contributed by atoms with Gasteiger partial charge in [0.1, 0.15) is 11.6 Å². The van der Waals surface area contributed by atoms with Gasteiger partial charge in [-0.3, -0.25) is 0 Å². The fraction of sp³-hybridized carbons (Fsp3) is 0.440. The second-order valence-corrected chi connectivity index (χ2v) is 9.38. The molecule has 0 N–H and O–H groups in total. The molecule has 0 amide bonds. The summed E-state index contributed by atoms with van der Waals surface area (Å²) in [6.07, 6.45) is 0.0345. The first-order valence-corrected chi connectivity index (χ1v) is 11.0. The minimum atomic E-state index is -4.72. The molecule has 33 heavy (non-hydrogen) atoms. The van der Waals surface area contributed by atoms with Crippen molar-refractivity contribution < 1.29 is 27.4 Å². The third-order valence-electron chi connectivity index (χ3n) is 6.25. The molecule has 0 unspecified atom stereocenters. The Morgan fingerprint density at radius 2 is 1.91 bits per heavy atom. The van der Waals surface area contributed by atoms with Crippen molar-refractivity contribution in [1.82, 2.24) is 9.55 Å². The Morgan fingerprint density at radius 3 is 2.55 bits per heavy atom. The number of nitrogens with zero attached hydrogens (tertiary/aromatic N) is 2. The average Bonchev–Trinajstić information content (AvgIpc) is 3.09. The van der Waals surface area contributed by atoms with Crippen LogP contribution in [0, 0.1) is 5.41 Å². The Hall–Kier alpha value is -3.03. The van der Waals surface area contributed by atoms with E-state index in [-0.39, 0.29) is 17.2 Å². The summed E-state index contributed by atoms with van der Waals surface area (Å²) in [5, 5.41) is 0. The summed E-state index contributed by atoms with van der Waals surface area (Å²) in [5.41, 5.74) is 3.10. The van der Waals surface area contributed by atoms with Gasteiger partial charge in [0.2, 0.25) is 0 Å². The predicted octanol–water partition coefficient (Wildman–Crippen LogP) is 6.45. The Labute approximate surface area is 190 Å². The molecule has 0 bridgehead atoms. The van der Waals surface area contributed by atoms with Crippen LogP contribution in [-0.2, 0) is 11.2 Å². The monoisotopic (exact) mass is 460 g/mol. The van der Waals surface area contributed by atoms with Crippen LogP contribution in [0.3, 0.4) is 0 Å². The number of methoxy groups -OCH3 is 1. The molecule has 2 aromatic carbocycles. The maximum atomic E-state index is 12.5. The highest BCUT2D eigenvalue weighted by molar-refractivity contribution is 5.93. The Bertz CT molecular complexity index is 1150. The first-order chi connectivity index (χ1) is 15.5. The molecule has 1 aliphatic carbocycles. The maximum absolute atomic E-state index is 12.5.